The molecule has 0 radical (unpaired) electrons. The maximum absolute atomic E-state index is 11.6. The normalized spacial score (nSPS) is 16.8. The van der Waals surface area contributed by atoms with Crippen LogP contribution < -0.4 is 5.32 Å². The van der Waals surface area contributed by atoms with Crippen molar-refractivity contribution in [2.45, 2.75) is 25.8 Å². The van der Waals surface area contributed by atoms with Crippen LogP contribution in [0, 0.1) is 24.2 Å². The maximum atomic E-state index is 11.6. The van der Waals surface area contributed by atoms with Gasteiger partial charge in [0.1, 0.15) is 11.7 Å². The smallest absolute Gasteiger partial charge is 0.271 e. The molecular formula is C10H11N3OS. The molecule has 4 nitrogen and oxygen atoms in total. The van der Waals surface area contributed by atoms with Gasteiger partial charge in [0.2, 0.25) is 0 Å². The van der Waals surface area contributed by atoms with Crippen molar-refractivity contribution in [1.82, 2.24) is 10.3 Å². The molecule has 0 aromatic carbocycles. The minimum atomic E-state index is -0.348. The van der Waals surface area contributed by atoms with Crippen molar-refractivity contribution < 1.29 is 4.79 Å². The summed E-state index contributed by atoms with van der Waals surface area (Å²) >= 11 is 1.44. The van der Waals surface area contributed by atoms with E-state index in [1.807, 2.05) is 6.92 Å². The van der Waals surface area contributed by atoms with Crippen molar-refractivity contribution in [3.63, 3.8) is 0 Å². The highest BCUT2D eigenvalue weighted by molar-refractivity contribution is 7.09. The summed E-state index contributed by atoms with van der Waals surface area (Å²) in [5.41, 5.74) is 0.415. The molecule has 1 heterocycles. The van der Waals surface area contributed by atoms with Crippen LogP contribution in [0.4, 0.5) is 0 Å². The number of carbonyl (C=O) groups excluding carboxylic acids is 1. The Balaban J connectivity index is 2.00. The third-order valence-corrected chi connectivity index (χ3v) is 3.14. The molecule has 0 bridgehead atoms. The molecule has 1 aliphatic rings. The van der Waals surface area contributed by atoms with Gasteiger partial charge in [0.15, 0.2) is 0 Å². The van der Waals surface area contributed by atoms with Gasteiger partial charge in [-0.3, -0.25) is 4.79 Å². The second kappa shape index (κ2) is 3.99. The van der Waals surface area contributed by atoms with Gasteiger partial charge in [0.25, 0.3) is 5.91 Å². The lowest BCUT2D eigenvalue weighted by Crippen LogP contribution is -2.35. The minimum Gasteiger partial charge on any atom is -0.335 e. The van der Waals surface area contributed by atoms with E-state index in [-0.39, 0.29) is 11.9 Å². The molecule has 1 saturated carbocycles. The van der Waals surface area contributed by atoms with E-state index in [0.29, 0.717) is 11.6 Å². The number of rotatable bonds is 3. The third-order valence-electron chi connectivity index (χ3n) is 2.37. The topological polar surface area (TPSA) is 65.8 Å². The predicted molar refractivity (Wildman–Crippen MR) is 56.4 cm³/mol. The van der Waals surface area contributed by atoms with Crippen LogP contribution >= 0.6 is 11.3 Å². The number of carbonyl (C=O) groups is 1. The molecule has 15 heavy (non-hydrogen) atoms. The molecule has 0 aliphatic heterocycles. The van der Waals surface area contributed by atoms with E-state index in [0.717, 1.165) is 17.8 Å². The Kier molecular flexibility index (Phi) is 2.69. The van der Waals surface area contributed by atoms with Crippen molar-refractivity contribution in [2.24, 2.45) is 5.92 Å². The zero-order valence-corrected chi connectivity index (χ0v) is 9.17. The Morgan fingerprint density at radius 3 is 3.00 bits per heavy atom. The van der Waals surface area contributed by atoms with Crippen LogP contribution in [0.25, 0.3) is 0 Å². The molecule has 0 saturated heterocycles. The van der Waals surface area contributed by atoms with E-state index in [9.17, 15) is 4.79 Å². The first-order chi connectivity index (χ1) is 7.20. The Morgan fingerprint density at radius 2 is 2.53 bits per heavy atom. The Morgan fingerprint density at radius 1 is 1.80 bits per heavy atom. The first-order valence-electron chi connectivity index (χ1n) is 4.83. The fourth-order valence-corrected chi connectivity index (χ4v) is 1.96. The molecule has 78 valence electrons. The molecule has 1 N–H and O–H groups in total. The van der Waals surface area contributed by atoms with E-state index in [2.05, 4.69) is 16.4 Å². The van der Waals surface area contributed by atoms with Crippen molar-refractivity contribution in [3.05, 3.63) is 16.1 Å². The molecule has 1 aromatic heterocycles. The zero-order chi connectivity index (χ0) is 10.8. The largest absolute Gasteiger partial charge is 0.335 e. The minimum absolute atomic E-state index is 0.238. The fraction of sp³-hybridized carbons (Fsp3) is 0.500. The highest BCUT2D eigenvalue weighted by atomic mass is 32.1. The number of nitriles is 1. The van der Waals surface area contributed by atoms with Crippen LogP contribution in [0.3, 0.4) is 0 Å². The number of aromatic nitrogens is 1. The van der Waals surface area contributed by atoms with Crippen LogP contribution in [0.15, 0.2) is 5.38 Å². The van der Waals surface area contributed by atoms with E-state index in [1.165, 1.54) is 11.3 Å². The molecule has 1 unspecified atom stereocenters. The number of nitrogens with one attached hydrogen (secondary N) is 1. The van der Waals surface area contributed by atoms with Gasteiger partial charge in [-0.05, 0) is 25.7 Å². The summed E-state index contributed by atoms with van der Waals surface area (Å²) in [4.78, 5) is 15.7. The van der Waals surface area contributed by atoms with Crippen LogP contribution in [0.1, 0.15) is 28.3 Å². The summed E-state index contributed by atoms with van der Waals surface area (Å²) in [5, 5.41) is 14.1. The summed E-state index contributed by atoms with van der Waals surface area (Å²) in [5.74, 6) is 0.108. The number of thiazole rings is 1. The van der Waals surface area contributed by atoms with E-state index in [4.69, 9.17) is 5.26 Å². The van der Waals surface area contributed by atoms with Gasteiger partial charge >= 0.3 is 0 Å². The molecule has 0 spiro atoms. The van der Waals surface area contributed by atoms with Gasteiger partial charge < -0.3 is 5.32 Å². The molecule has 1 aromatic rings. The quantitative estimate of drug-likeness (QED) is 0.840. The van der Waals surface area contributed by atoms with Gasteiger partial charge in [0, 0.05) is 5.38 Å². The number of hydrogen-bond donors (Lipinski definition) is 1. The van der Waals surface area contributed by atoms with E-state index in [1.54, 1.807) is 5.38 Å². The van der Waals surface area contributed by atoms with Gasteiger partial charge in [-0.1, -0.05) is 0 Å². The first-order valence-corrected chi connectivity index (χ1v) is 5.71. The summed E-state index contributed by atoms with van der Waals surface area (Å²) < 4.78 is 0. The Hall–Kier alpha value is -1.41. The number of amides is 1. The monoisotopic (exact) mass is 221 g/mol. The molecular weight excluding hydrogens is 210 g/mol. The van der Waals surface area contributed by atoms with Crippen LogP contribution in [-0.4, -0.2) is 16.9 Å². The van der Waals surface area contributed by atoms with Crippen molar-refractivity contribution in [3.8, 4) is 6.07 Å². The summed E-state index contributed by atoms with van der Waals surface area (Å²) in [7, 11) is 0. The predicted octanol–water partition coefficient (Wildman–Crippen LogP) is 1.48. The Bertz CT molecular complexity index is 417. The molecule has 2 rings (SSSR count). The fourth-order valence-electron chi connectivity index (χ4n) is 1.37. The van der Waals surface area contributed by atoms with Gasteiger partial charge in [-0.2, -0.15) is 5.26 Å². The molecule has 1 fully saturated rings. The second-order valence-electron chi connectivity index (χ2n) is 3.67. The molecule has 1 aliphatic carbocycles. The summed E-state index contributed by atoms with van der Waals surface area (Å²) in [6.07, 6.45) is 2.07. The number of aryl methyl sites for hydroxylation is 1. The molecule has 5 heteroatoms. The van der Waals surface area contributed by atoms with Crippen LogP contribution in [-0.2, 0) is 0 Å². The maximum Gasteiger partial charge on any atom is 0.271 e. The van der Waals surface area contributed by atoms with E-state index >= 15 is 0 Å². The van der Waals surface area contributed by atoms with Crippen molar-refractivity contribution in [1.29, 1.82) is 5.26 Å². The lowest BCUT2D eigenvalue weighted by Gasteiger charge is -2.08. The van der Waals surface area contributed by atoms with Gasteiger partial charge in [-0.25, -0.2) is 4.98 Å². The lowest BCUT2D eigenvalue weighted by molar-refractivity contribution is 0.0937. The molecule has 1 atom stereocenters. The van der Waals surface area contributed by atoms with Gasteiger partial charge in [-0.15, -0.1) is 11.3 Å². The summed E-state index contributed by atoms with van der Waals surface area (Å²) in [6, 6.07) is 1.77. The Labute approximate surface area is 91.9 Å². The molecule has 1 amide bonds. The van der Waals surface area contributed by atoms with Crippen LogP contribution in [0.5, 0.6) is 0 Å². The highest BCUT2D eigenvalue weighted by Gasteiger charge is 2.32. The number of hydrogen-bond acceptors (Lipinski definition) is 4. The van der Waals surface area contributed by atoms with Gasteiger partial charge in [0.05, 0.1) is 11.1 Å². The highest BCUT2D eigenvalue weighted by Crippen LogP contribution is 2.32. The number of nitrogens with zero attached hydrogens (tertiary/aromatic N) is 2. The average molecular weight is 221 g/mol. The SMILES string of the molecule is Cc1nc(C(=O)NC(C#N)C2CC2)cs1. The zero-order valence-electron chi connectivity index (χ0n) is 8.36. The first kappa shape index (κ1) is 10.1. The second-order valence-corrected chi connectivity index (χ2v) is 4.73. The third kappa shape index (κ3) is 2.34. The van der Waals surface area contributed by atoms with E-state index < -0.39 is 0 Å². The average Bonchev–Trinajstić information content (AvgIpc) is 2.97. The lowest BCUT2D eigenvalue weighted by atomic mass is 10.2. The van der Waals surface area contributed by atoms with Crippen molar-refractivity contribution in [2.75, 3.05) is 0 Å². The van der Waals surface area contributed by atoms with Crippen molar-refractivity contribution >= 4 is 17.2 Å². The van der Waals surface area contributed by atoms with Crippen LogP contribution in [0.2, 0.25) is 0 Å². The summed E-state index contributed by atoms with van der Waals surface area (Å²) in [6.45, 7) is 1.85. The standard InChI is InChI=1S/C10H11N3OS/c1-6-12-9(5-15-6)10(14)13-8(4-11)7-2-3-7/h5,7-8H,2-3H2,1H3,(H,13,14).